The van der Waals surface area contributed by atoms with Crippen LogP contribution >= 0.6 is 0 Å². The van der Waals surface area contributed by atoms with Crippen LogP contribution in [0.15, 0.2) is 64.6 Å². The number of aliphatic hydroxyl groups is 3. The van der Waals surface area contributed by atoms with E-state index in [1.807, 2.05) is 32.9 Å². The Hall–Kier alpha value is -3.97. The quantitative estimate of drug-likeness (QED) is 0.269. The third-order valence-electron chi connectivity index (χ3n) is 11.2. The summed E-state index contributed by atoms with van der Waals surface area (Å²) in [5.74, 6) is -4.56. The molecule has 2 aromatic rings. The van der Waals surface area contributed by atoms with E-state index in [2.05, 4.69) is 25.1 Å². The highest BCUT2D eigenvalue weighted by molar-refractivity contribution is 6.25. The first-order chi connectivity index (χ1) is 21.1. The molecule has 0 saturated heterocycles. The van der Waals surface area contributed by atoms with Crippen molar-refractivity contribution < 1.29 is 34.8 Å². The maximum Gasteiger partial charge on any atom is 0.209 e. The van der Waals surface area contributed by atoms with Crippen molar-refractivity contribution in [3.63, 3.8) is 0 Å². The predicted molar refractivity (Wildman–Crippen MR) is 172 cm³/mol. The summed E-state index contributed by atoms with van der Waals surface area (Å²) in [5, 5.41) is 46.4. The van der Waals surface area contributed by atoms with Crippen molar-refractivity contribution in [3.8, 4) is 16.9 Å². The second-order valence-corrected chi connectivity index (χ2v) is 14.6. The summed E-state index contributed by atoms with van der Waals surface area (Å²) >= 11 is 0. The standard InChI is InChI=1S/C38H42O7/c1-19(2)30-32(41)28(21(4)39)34(43)38(45)35(44)31-33(42)29-26(17-36(31,5)18-37(30,38)6)25(14-15-27(29)40)23-12-10-22(11-13-23)16-24-9-7-8-20(24)3/h10-16,19-20,30,40-41,44-45H,7-9,17-18H2,1-6H3/t20?,30?,36-,37-,38+/m1/s1. The number of phenols is 1. The molecular weight excluding hydrogens is 568 g/mol. The average molecular weight is 611 g/mol. The number of allylic oxidation sites excluding steroid dienone is 3. The molecule has 0 aromatic heterocycles. The Morgan fingerprint density at radius 2 is 1.69 bits per heavy atom. The van der Waals surface area contributed by atoms with Crippen LogP contribution in [0, 0.1) is 28.6 Å². The summed E-state index contributed by atoms with van der Waals surface area (Å²) < 4.78 is 0. The molecule has 0 spiro atoms. The third kappa shape index (κ3) is 4.23. The van der Waals surface area contributed by atoms with Gasteiger partial charge in [-0.15, -0.1) is 0 Å². The fourth-order valence-corrected chi connectivity index (χ4v) is 9.23. The van der Waals surface area contributed by atoms with E-state index in [4.69, 9.17) is 0 Å². The summed E-state index contributed by atoms with van der Waals surface area (Å²) in [5.41, 5.74) is -0.989. The maximum atomic E-state index is 14.3. The molecule has 1 fully saturated rings. The number of aromatic hydroxyl groups is 1. The van der Waals surface area contributed by atoms with E-state index >= 15 is 0 Å². The van der Waals surface area contributed by atoms with Crippen LogP contribution in [0.25, 0.3) is 17.2 Å². The van der Waals surface area contributed by atoms with Gasteiger partial charge in [0.05, 0.1) is 5.56 Å². The number of fused-ring (bicyclic) bond motifs is 3. The maximum absolute atomic E-state index is 14.3. The number of carbonyl (C=O) groups is 3. The van der Waals surface area contributed by atoms with Crippen molar-refractivity contribution in [1.82, 2.24) is 0 Å². The van der Waals surface area contributed by atoms with E-state index in [1.165, 1.54) is 24.5 Å². The lowest BCUT2D eigenvalue weighted by molar-refractivity contribution is -0.171. The number of Topliss-reactive ketones (excluding diaryl/α,β-unsaturated/α-hetero) is 3. The molecule has 6 rings (SSSR count). The van der Waals surface area contributed by atoms with Gasteiger partial charge in [-0.25, -0.2) is 0 Å². The SMILES string of the molecule is CC(=O)C1=C(O)C(C(C)C)[C@@]2(C)C[C@@]3(C)Cc4c(-c5ccc(C=C6CCCC6C)cc5)ccc(O)c4C(=O)C3=C(O)[C@@]2(O)C1=O. The molecule has 4 N–H and O–H groups in total. The molecule has 0 aliphatic heterocycles. The number of rotatable bonds is 4. The van der Waals surface area contributed by atoms with Gasteiger partial charge < -0.3 is 20.4 Å². The molecule has 5 atom stereocenters. The van der Waals surface area contributed by atoms with Gasteiger partial charge in [0.25, 0.3) is 0 Å². The van der Waals surface area contributed by atoms with Crippen molar-refractivity contribution in [2.24, 2.45) is 28.6 Å². The number of aliphatic hydroxyl groups excluding tert-OH is 2. The summed E-state index contributed by atoms with van der Waals surface area (Å²) in [6.45, 7) is 10.5. The van der Waals surface area contributed by atoms with Gasteiger partial charge in [-0.3, -0.25) is 14.4 Å². The molecule has 7 heteroatoms. The van der Waals surface area contributed by atoms with Crippen LogP contribution in [0.4, 0.5) is 0 Å². The molecule has 0 bridgehead atoms. The summed E-state index contributed by atoms with van der Waals surface area (Å²) in [7, 11) is 0. The number of benzene rings is 2. The van der Waals surface area contributed by atoms with Gasteiger partial charge in [-0.1, -0.05) is 76.6 Å². The highest BCUT2D eigenvalue weighted by Crippen LogP contribution is 2.65. The van der Waals surface area contributed by atoms with E-state index in [0.29, 0.717) is 11.5 Å². The van der Waals surface area contributed by atoms with Crippen molar-refractivity contribution in [2.75, 3.05) is 0 Å². The molecule has 0 heterocycles. The van der Waals surface area contributed by atoms with Gasteiger partial charge >= 0.3 is 0 Å². The highest BCUT2D eigenvalue weighted by Gasteiger charge is 2.71. The van der Waals surface area contributed by atoms with E-state index in [1.54, 1.807) is 13.0 Å². The van der Waals surface area contributed by atoms with Crippen molar-refractivity contribution in [3.05, 3.63) is 81.3 Å². The van der Waals surface area contributed by atoms with Gasteiger partial charge in [0.2, 0.25) is 5.78 Å². The highest BCUT2D eigenvalue weighted by atomic mass is 16.3. The number of carbonyl (C=O) groups excluding carboxylic acids is 3. The Morgan fingerprint density at radius 1 is 1.02 bits per heavy atom. The fourth-order valence-electron chi connectivity index (χ4n) is 9.23. The molecule has 236 valence electrons. The minimum absolute atomic E-state index is 0.0264. The molecule has 1 saturated carbocycles. The molecule has 7 nitrogen and oxygen atoms in total. The van der Waals surface area contributed by atoms with E-state index in [9.17, 15) is 34.8 Å². The topological polar surface area (TPSA) is 132 Å². The zero-order valence-electron chi connectivity index (χ0n) is 26.8. The van der Waals surface area contributed by atoms with Crippen LogP contribution in [0.3, 0.4) is 0 Å². The van der Waals surface area contributed by atoms with E-state index in [-0.39, 0.29) is 35.6 Å². The predicted octanol–water partition coefficient (Wildman–Crippen LogP) is 7.22. The Morgan fingerprint density at radius 3 is 2.27 bits per heavy atom. The average Bonchev–Trinajstić information content (AvgIpc) is 3.35. The van der Waals surface area contributed by atoms with Crippen LogP contribution < -0.4 is 0 Å². The van der Waals surface area contributed by atoms with Gasteiger partial charge in [0.15, 0.2) is 17.2 Å². The smallest absolute Gasteiger partial charge is 0.209 e. The molecule has 45 heavy (non-hydrogen) atoms. The lowest BCUT2D eigenvalue weighted by Gasteiger charge is -2.59. The summed E-state index contributed by atoms with van der Waals surface area (Å²) in [6, 6.07) is 11.4. The Kier molecular flexibility index (Phi) is 7.09. The summed E-state index contributed by atoms with van der Waals surface area (Å²) in [4.78, 5) is 40.8. The second-order valence-electron chi connectivity index (χ2n) is 14.6. The fraction of sp³-hybridized carbons (Fsp3) is 0.447. The number of hydrogen-bond donors (Lipinski definition) is 4. The number of ketones is 3. The largest absolute Gasteiger partial charge is 0.511 e. The van der Waals surface area contributed by atoms with E-state index < -0.39 is 56.8 Å². The molecule has 0 radical (unpaired) electrons. The van der Waals surface area contributed by atoms with Crippen molar-refractivity contribution >= 4 is 23.4 Å². The van der Waals surface area contributed by atoms with Crippen molar-refractivity contribution in [1.29, 1.82) is 0 Å². The number of phenolic OH excluding ortho intramolecular Hbond substituents is 1. The lowest BCUT2D eigenvalue weighted by atomic mass is 9.44. The molecule has 4 aliphatic carbocycles. The molecule has 2 unspecified atom stereocenters. The van der Waals surface area contributed by atoms with Crippen LogP contribution in [-0.2, 0) is 16.0 Å². The van der Waals surface area contributed by atoms with Crippen LogP contribution in [-0.4, -0.2) is 43.4 Å². The Balaban J connectivity index is 1.51. The minimum atomic E-state index is -2.62. The van der Waals surface area contributed by atoms with Crippen molar-refractivity contribution in [2.45, 2.75) is 79.2 Å². The van der Waals surface area contributed by atoms with Gasteiger partial charge in [0, 0.05) is 22.3 Å². The summed E-state index contributed by atoms with van der Waals surface area (Å²) in [6.07, 6.45) is 6.07. The monoisotopic (exact) mass is 610 g/mol. The molecular formula is C38H42O7. The Bertz CT molecular complexity index is 1760. The lowest BCUT2D eigenvalue weighted by Crippen LogP contribution is -2.67. The first kappa shape index (κ1) is 31.0. The van der Waals surface area contributed by atoms with Crippen LogP contribution in [0.5, 0.6) is 5.75 Å². The van der Waals surface area contributed by atoms with Gasteiger partial charge in [0.1, 0.15) is 22.8 Å². The van der Waals surface area contributed by atoms with Crippen LogP contribution in [0.1, 0.15) is 88.7 Å². The molecule has 4 aliphatic rings. The normalized spacial score (nSPS) is 32.2. The van der Waals surface area contributed by atoms with E-state index in [0.717, 1.165) is 30.0 Å². The molecule has 0 amide bonds. The third-order valence-corrected chi connectivity index (χ3v) is 11.2. The first-order valence-electron chi connectivity index (χ1n) is 15.9. The van der Waals surface area contributed by atoms with Crippen LogP contribution in [0.2, 0.25) is 0 Å². The Labute approximate surface area is 264 Å². The van der Waals surface area contributed by atoms with Gasteiger partial charge in [-0.05, 0) is 79.2 Å². The second kappa shape index (κ2) is 10.3. The van der Waals surface area contributed by atoms with Gasteiger partial charge in [-0.2, -0.15) is 0 Å². The zero-order valence-corrected chi connectivity index (χ0v) is 26.8. The molecule has 2 aromatic carbocycles. The zero-order chi connectivity index (χ0) is 32.8. The first-order valence-corrected chi connectivity index (χ1v) is 15.9. The minimum Gasteiger partial charge on any atom is -0.511 e. The number of hydrogen-bond acceptors (Lipinski definition) is 7.